The summed E-state index contributed by atoms with van der Waals surface area (Å²) in [5, 5.41) is 11.0. The number of fused-ring (bicyclic) bond motifs is 2. The van der Waals surface area contributed by atoms with Crippen LogP contribution in [0.15, 0.2) is 60.7 Å². The third-order valence-corrected chi connectivity index (χ3v) is 9.09. The van der Waals surface area contributed by atoms with Gasteiger partial charge in [-0.3, -0.25) is 4.79 Å². The molecule has 2 saturated carbocycles. The van der Waals surface area contributed by atoms with Crippen molar-refractivity contribution < 1.29 is 9.90 Å². The second kappa shape index (κ2) is 7.68. The minimum atomic E-state index is -0.213. The number of hydrogen-bond donors (Lipinski definition) is 1. The zero-order chi connectivity index (χ0) is 19.8. The average molecular weight is 395 g/mol. The van der Waals surface area contributed by atoms with Crippen LogP contribution >= 0.6 is 11.8 Å². The average Bonchev–Trinajstić information content (AvgIpc) is 3.07. The summed E-state index contributed by atoms with van der Waals surface area (Å²) in [7, 11) is 0. The topological polar surface area (TPSA) is 37.3 Å². The molecule has 2 aromatic carbocycles. The van der Waals surface area contributed by atoms with Crippen molar-refractivity contribution in [3.63, 3.8) is 0 Å². The predicted molar refractivity (Wildman–Crippen MR) is 117 cm³/mol. The van der Waals surface area contributed by atoms with E-state index in [9.17, 15) is 9.90 Å². The van der Waals surface area contributed by atoms with E-state index in [4.69, 9.17) is 0 Å². The molecule has 4 unspecified atom stereocenters. The third-order valence-electron chi connectivity index (χ3n) is 7.57. The van der Waals surface area contributed by atoms with E-state index in [2.05, 4.69) is 26.0 Å². The van der Waals surface area contributed by atoms with E-state index in [0.717, 1.165) is 24.2 Å². The summed E-state index contributed by atoms with van der Waals surface area (Å²) in [4.78, 5) is 12.9. The molecule has 2 nitrogen and oxygen atoms in total. The van der Waals surface area contributed by atoms with Crippen molar-refractivity contribution in [3.05, 3.63) is 71.8 Å². The van der Waals surface area contributed by atoms with Crippen molar-refractivity contribution in [2.75, 3.05) is 5.75 Å². The van der Waals surface area contributed by atoms with E-state index >= 15 is 0 Å². The van der Waals surface area contributed by atoms with Gasteiger partial charge in [-0.2, -0.15) is 11.8 Å². The first-order valence-corrected chi connectivity index (χ1v) is 11.4. The summed E-state index contributed by atoms with van der Waals surface area (Å²) < 4.78 is 0. The van der Waals surface area contributed by atoms with Crippen LogP contribution < -0.4 is 0 Å². The number of benzene rings is 2. The molecular formula is C25H30O2S. The highest BCUT2D eigenvalue weighted by atomic mass is 32.2. The number of ketones is 1. The monoisotopic (exact) mass is 394 g/mol. The van der Waals surface area contributed by atoms with Gasteiger partial charge in [-0.1, -0.05) is 74.5 Å². The normalized spacial score (nSPS) is 29.0. The molecule has 2 aromatic rings. The Labute approximate surface area is 172 Å². The number of aliphatic hydroxyl groups excluding tert-OH is 1. The van der Waals surface area contributed by atoms with Gasteiger partial charge in [0.15, 0.2) is 5.78 Å². The van der Waals surface area contributed by atoms with E-state index in [1.165, 1.54) is 12.0 Å². The predicted octanol–water partition coefficient (Wildman–Crippen LogP) is 5.92. The van der Waals surface area contributed by atoms with Gasteiger partial charge in [0.05, 0.1) is 6.10 Å². The Hall–Kier alpha value is -1.58. The summed E-state index contributed by atoms with van der Waals surface area (Å²) in [5.41, 5.74) is 2.13. The smallest absolute Gasteiger partial charge is 0.164 e. The zero-order valence-corrected chi connectivity index (χ0v) is 17.6. The van der Waals surface area contributed by atoms with Gasteiger partial charge in [0, 0.05) is 28.4 Å². The first-order chi connectivity index (χ1) is 13.4. The molecule has 0 aliphatic heterocycles. The van der Waals surface area contributed by atoms with E-state index in [1.54, 1.807) is 0 Å². The molecule has 2 aliphatic carbocycles. The molecule has 0 spiro atoms. The van der Waals surface area contributed by atoms with Crippen LogP contribution in [0.1, 0.15) is 60.7 Å². The van der Waals surface area contributed by atoms with Gasteiger partial charge >= 0.3 is 0 Å². The maximum Gasteiger partial charge on any atom is 0.164 e. The minimum Gasteiger partial charge on any atom is -0.392 e. The highest BCUT2D eigenvalue weighted by Crippen LogP contribution is 2.67. The largest absolute Gasteiger partial charge is 0.392 e. The van der Waals surface area contributed by atoms with Crippen LogP contribution in [-0.4, -0.2) is 22.7 Å². The Morgan fingerprint density at radius 3 is 2.32 bits per heavy atom. The highest BCUT2D eigenvalue weighted by molar-refractivity contribution is 7.99. The van der Waals surface area contributed by atoms with Crippen molar-refractivity contribution in [3.8, 4) is 0 Å². The van der Waals surface area contributed by atoms with Crippen LogP contribution in [0.4, 0.5) is 0 Å². The number of Topliss-reactive ketones (excluding diaryl/α,β-unsaturated/α-hetero) is 1. The lowest BCUT2D eigenvalue weighted by atomic mass is 9.70. The van der Waals surface area contributed by atoms with Gasteiger partial charge in [-0.15, -0.1) is 0 Å². The van der Waals surface area contributed by atoms with Gasteiger partial charge in [-0.05, 0) is 36.2 Å². The Bertz CT molecular complexity index is 817. The molecule has 2 aliphatic rings. The van der Waals surface area contributed by atoms with Crippen molar-refractivity contribution in [1.82, 2.24) is 0 Å². The number of rotatable bonds is 7. The SMILES string of the molecule is CC1(C)C2CCC1(CSC(CC(=O)c1ccccc1)c1ccccc1)C(O)C2. The summed E-state index contributed by atoms with van der Waals surface area (Å²) in [6.07, 6.45) is 3.55. The van der Waals surface area contributed by atoms with Crippen LogP contribution in [0.2, 0.25) is 0 Å². The second-order valence-electron chi connectivity index (χ2n) is 9.07. The molecule has 28 heavy (non-hydrogen) atoms. The third kappa shape index (κ3) is 3.33. The molecule has 1 N–H and O–H groups in total. The molecule has 4 atom stereocenters. The zero-order valence-electron chi connectivity index (χ0n) is 16.8. The van der Waals surface area contributed by atoms with E-state index in [0.29, 0.717) is 12.3 Å². The molecule has 0 aromatic heterocycles. The van der Waals surface area contributed by atoms with Gasteiger partial charge in [0.25, 0.3) is 0 Å². The Morgan fingerprint density at radius 2 is 1.75 bits per heavy atom. The van der Waals surface area contributed by atoms with Crippen LogP contribution in [0.5, 0.6) is 0 Å². The number of thioether (sulfide) groups is 1. The number of hydrogen-bond acceptors (Lipinski definition) is 3. The number of aliphatic hydroxyl groups is 1. The molecule has 4 rings (SSSR count). The maximum atomic E-state index is 12.9. The fourth-order valence-corrected chi connectivity index (χ4v) is 7.31. The van der Waals surface area contributed by atoms with E-state index in [1.807, 2.05) is 60.3 Å². The van der Waals surface area contributed by atoms with Crippen LogP contribution in [-0.2, 0) is 0 Å². The lowest BCUT2D eigenvalue weighted by Gasteiger charge is -2.41. The molecule has 0 radical (unpaired) electrons. The Balaban J connectivity index is 1.54. The van der Waals surface area contributed by atoms with Crippen LogP contribution in [0.25, 0.3) is 0 Å². The lowest BCUT2D eigenvalue weighted by molar-refractivity contribution is 0.0167. The summed E-state index contributed by atoms with van der Waals surface area (Å²) in [5.74, 6) is 1.73. The quantitative estimate of drug-likeness (QED) is 0.592. The minimum absolute atomic E-state index is 0.0227. The molecule has 0 amide bonds. The molecule has 2 bridgehead atoms. The van der Waals surface area contributed by atoms with E-state index in [-0.39, 0.29) is 28.0 Å². The summed E-state index contributed by atoms with van der Waals surface area (Å²) in [6.45, 7) is 4.68. The van der Waals surface area contributed by atoms with Crippen molar-refractivity contribution in [2.24, 2.45) is 16.7 Å². The number of carbonyl (C=O) groups excluding carboxylic acids is 1. The second-order valence-corrected chi connectivity index (χ2v) is 10.3. The first kappa shape index (κ1) is 19.7. The summed E-state index contributed by atoms with van der Waals surface area (Å²) >= 11 is 1.87. The van der Waals surface area contributed by atoms with Gasteiger partial charge < -0.3 is 5.11 Å². The van der Waals surface area contributed by atoms with Crippen molar-refractivity contribution in [1.29, 1.82) is 0 Å². The van der Waals surface area contributed by atoms with Crippen LogP contribution in [0, 0.1) is 16.7 Å². The van der Waals surface area contributed by atoms with Crippen molar-refractivity contribution >= 4 is 17.5 Å². The maximum absolute atomic E-state index is 12.9. The molecular weight excluding hydrogens is 364 g/mol. The van der Waals surface area contributed by atoms with Crippen LogP contribution in [0.3, 0.4) is 0 Å². The van der Waals surface area contributed by atoms with Gasteiger partial charge in [0.1, 0.15) is 0 Å². The fraction of sp³-hybridized carbons (Fsp3) is 0.480. The molecule has 0 saturated heterocycles. The Morgan fingerprint density at radius 1 is 1.11 bits per heavy atom. The Kier molecular flexibility index (Phi) is 5.41. The summed E-state index contributed by atoms with van der Waals surface area (Å²) in [6, 6.07) is 20.0. The van der Waals surface area contributed by atoms with Crippen molar-refractivity contribution in [2.45, 2.75) is 50.9 Å². The molecule has 0 heterocycles. The lowest BCUT2D eigenvalue weighted by Crippen LogP contribution is -2.41. The first-order valence-electron chi connectivity index (χ1n) is 10.4. The number of carbonyl (C=O) groups is 1. The van der Waals surface area contributed by atoms with E-state index < -0.39 is 0 Å². The fourth-order valence-electron chi connectivity index (χ4n) is 5.48. The standard InChI is InChI=1S/C25H30O2S/c1-24(2)20-13-14-25(24,23(27)15-20)17-28-22(19-11-7-4-8-12-19)16-21(26)18-9-5-3-6-10-18/h3-12,20,22-23,27H,13-17H2,1-2H3. The molecule has 2 fully saturated rings. The molecule has 148 valence electrons. The molecule has 3 heteroatoms. The highest BCUT2D eigenvalue weighted by Gasteiger charge is 2.63. The van der Waals surface area contributed by atoms with Gasteiger partial charge in [-0.25, -0.2) is 0 Å². The van der Waals surface area contributed by atoms with Gasteiger partial charge in [0.2, 0.25) is 0 Å².